The number of aliphatic hydroxyl groups excluding tert-OH is 1. The average molecular weight is 721 g/mol. The molecule has 0 fully saturated rings. The van der Waals surface area contributed by atoms with E-state index in [1.54, 1.807) is 25.9 Å². The Hall–Kier alpha value is -3.71. The maximum atomic E-state index is 13.4. The minimum absolute atomic E-state index is 0.0834. The van der Waals surface area contributed by atoms with Gasteiger partial charge in [0.1, 0.15) is 6.04 Å². The highest BCUT2D eigenvalue weighted by Gasteiger charge is 2.33. The minimum Gasteiger partial charge on any atom is -0.450 e. The van der Waals surface area contributed by atoms with Gasteiger partial charge in [0.05, 0.1) is 12.1 Å². The van der Waals surface area contributed by atoms with E-state index in [1.165, 1.54) is 19.4 Å². The Labute approximate surface area is 310 Å². The molecule has 0 heterocycles. The summed E-state index contributed by atoms with van der Waals surface area (Å²) in [5.41, 5.74) is 15.1. The third kappa shape index (κ3) is 14.7. The fourth-order valence-electron chi connectivity index (χ4n) is 5.98. The van der Waals surface area contributed by atoms with E-state index in [1.807, 2.05) is 12.1 Å². The zero-order valence-corrected chi connectivity index (χ0v) is 31.7. The molecule has 6 atom stereocenters. The van der Waals surface area contributed by atoms with E-state index in [9.17, 15) is 34.1 Å². The van der Waals surface area contributed by atoms with Crippen molar-refractivity contribution in [1.29, 1.82) is 0 Å². The van der Waals surface area contributed by atoms with Crippen LogP contribution in [0.15, 0.2) is 48.5 Å². The lowest BCUT2D eigenvalue weighted by Crippen LogP contribution is -2.51. The second-order valence-corrected chi connectivity index (χ2v) is 14.3. The molecular weight excluding hydrogens is 659 g/mol. The van der Waals surface area contributed by atoms with Gasteiger partial charge < -0.3 is 32.2 Å². The van der Waals surface area contributed by atoms with Gasteiger partial charge >= 0.3 is 0 Å². The Morgan fingerprint density at radius 2 is 1.37 bits per heavy atom. The SMILES string of the molecule is CCCCc1ccc(-c2ccc(C(=O)C[C@@H](CCN)C(=O)N[C@H](C(=O)C[C@@H](C)C(=O)N[C@@H](CCCCN)C(=O)C[C@@H](C)B(C)O)[C@@H](C)O)cc2)cc1. The molecule has 12 heteroatoms. The first-order chi connectivity index (χ1) is 24.7. The van der Waals surface area contributed by atoms with Gasteiger partial charge in [0.2, 0.25) is 11.8 Å². The first kappa shape index (κ1) is 44.5. The normalized spacial score (nSPS) is 14.7. The Morgan fingerprint density at radius 1 is 0.750 bits per heavy atom. The molecule has 2 amide bonds. The number of carbonyl (C=O) groups is 5. The molecule has 0 unspecified atom stereocenters. The molecule has 0 bridgehead atoms. The summed E-state index contributed by atoms with van der Waals surface area (Å²) in [6, 6.07) is 13.5. The van der Waals surface area contributed by atoms with Crippen LogP contribution in [0.4, 0.5) is 0 Å². The largest absolute Gasteiger partial charge is 0.450 e. The van der Waals surface area contributed by atoms with Crippen molar-refractivity contribution in [3.05, 3.63) is 59.7 Å². The van der Waals surface area contributed by atoms with E-state index < -0.39 is 54.5 Å². The van der Waals surface area contributed by atoms with Crippen molar-refractivity contribution in [3.63, 3.8) is 0 Å². The number of nitrogens with one attached hydrogen (secondary N) is 2. The predicted molar refractivity (Wildman–Crippen MR) is 207 cm³/mol. The molecule has 52 heavy (non-hydrogen) atoms. The van der Waals surface area contributed by atoms with Crippen LogP contribution in [0.25, 0.3) is 11.1 Å². The van der Waals surface area contributed by atoms with E-state index in [2.05, 4.69) is 41.8 Å². The summed E-state index contributed by atoms with van der Waals surface area (Å²) < 4.78 is 0. The molecule has 0 aliphatic carbocycles. The molecule has 0 aromatic heterocycles. The summed E-state index contributed by atoms with van der Waals surface area (Å²) in [6.45, 7) is 8.32. The minimum atomic E-state index is -1.32. The molecule has 11 nitrogen and oxygen atoms in total. The van der Waals surface area contributed by atoms with Gasteiger partial charge in [0.25, 0.3) is 6.92 Å². The van der Waals surface area contributed by atoms with Gasteiger partial charge in [0.15, 0.2) is 17.3 Å². The van der Waals surface area contributed by atoms with Gasteiger partial charge in [-0.25, -0.2) is 0 Å². The van der Waals surface area contributed by atoms with Crippen LogP contribution in [0.2, 0.25) is 12.6 Å². The standard InChI is InChI=1S/C40H61BN4O7/c1-6-7-10-29-12-14-30(15-13-29)31-16-18-32(19-17-31)35(47)25-33(20-22-43)40(51)45-38(28(4)46)37(49)23-26(2)39(50)44-34(11-8-9-21-42)36(48)24-27(3)41(5)52/h12-19,26-28,33-34,38,46,52H,6-11,20-25,42-43H2,1-5H3,(H,44,50)(H,45,51)/t26-,27-,28-,33-,34+,38+/m1/s1. The zero-order valence-electron chi connectivity index (χ0n) is 31.7. The summed E-state index contributed by atoms with van der Waals surface area (Å²) in [6.07, 6.45) is 3.54. The number of benzene rings is 2. The van der Waals surface area contributed by atoms with Gasteiger partial charge in [-0.3, -0.25) is 24.0 Å². The van der Waals surface area contributed by atoms with Gasteiger partial charge in [0, 0.05) is 36.7 Å². The number of amides is 2. The highest BCUT2D eigenvalue weighted by molar-refractivity contribution is 6.50. The molecule has 2 aromatic rings. The molecule has 0 saturated carbocycles. The molecule has 0 saturated heterocycles. The third-order valence-electron chi connectivity index (χ3n) is 9.71. The Bertz CT molecular complexity index is 1430. The van der Waals surface area contributed by atoms with E-state index in [0.717, 1.165) is 30.4 Å². The first-order valence-electron chi connectivity index (χ1n) is 18.9. The monoisotopic (exact) mass is 720 g/mol. The van der Waals surface area contributed by atoms with Crippen LogP contribution in [0, 0.1) is 11.8 Å². The topological polar surface area (TPSA) is 202 Å². The average Bonchev–Trinajstić information content (AvgIpc) is 3.12. The van der Waals surface area contributed by atoms with Crippen LogP contribution in [0.5, 0.6) is 0 Å². The number of nitrogens with two attached hydrogens (primary N) is 2. The number of aryl methyl sites for hydroxylation is 1. The number of ketones is 3. The fourth-order valence-corrected chi connectivity index (χ4v) is 5.98. The maximum Gasteiger partial charge on any atom is 0.289 e. The summed E-state index contributed by atoms with van der Waals surface area (Å²) in [5, 5.41) is 25.7. The number of aliphatic hydroxyl groups is 1. The fraction of sp³-hybridized carbons (Fsp3) is 0.575. The first-order valence-corrected chi connectivity index (χ1v) is 18.9. The molecule has 0 spiro atoms. The van der Waals surface area contributed by atoms with E-state index in [0.29, 0.717) is 31.4 Å². The number of rotatable bonds is 25. The van der Waals surface area contributed by atoms with Crippen LogP contribution in [-0.2, 0) is 25.6 Å². The van der Waals surface area contributed by atoms with Gasteiger partial charge in [-0.05, 0) is 81.0 Å². The lowest BCUT2D eigenvalue weighted by atomic mass is 9.58. The lowest BCUT2D eigenvalue weighted by molar-refractivity contribution is -0.135. The Morgan fingerprint density at radius 3 is 1.90 bits per heavy atom. The predicted octanol–water partition coefficient (Wildman–Crippen LogP) is 4.27. The van der Waals surface area contributed by atoms with Crippen molar-refractivity contribution in [3.8, 4) is 11.1 Å². The second kappa shape index (κ2) is 23.1. The summed E-state index contributed by atoms with van der Waals surface area (Å²) in [7, 11) is 0. The molecule has 2 rings (SSSR count). The summed E-state index contributed by atoms with van der Waals surface area (Å²) >= 11 is 0. The van der Waals surface area contributed by atoms with Crippen LogP contribution < -0.4 is 22.1 Å². The molecule has 286 valence electrons. The maximum absolute atomic E-state index is 13.4. The Balaban J connectivity index is 2.06. The van der Waals surface area contributed by atoms with Crippen molar-refractivity contribution < 1.29 is 34.1 Å². The van der Waals surface area contributed by atoms with Crippen molar-refractivity contribution in [2.24, 2.45) is 23.3 Å². The van der Waals surface area contributed by atoms with Crippen LogP contribution in [0.1, 0.15) is 101 Å². The smallest absolute Gasteiger partial charge is 0.289 e. The van der Waals surface area contributed by atoms with E-state index >= 15 is 0 Å². The second-order valence-electron chi connectivity index (χ2n) is 14.3. The molecule has 8 N–H and O–H groups in total. The number of Topliss-reactive ketones (excluding diaryl/α,β-unsaturated/α-hetero) is 3. The quantitative estimate of drug-likeness (QED) is 0.0492. The molecule has 0 aliphatic heterocycles. The van der Waals surface area contributed by atoms with Gasteiger partial charge in [-0.2, -0.15) is 0 Å². The number of hydrogen-bond acceptors (Lipinski definition) is 9. The van der Waals surface area contributed by atoms with Gasteiger partial charge in [-0.1, -0.05) is 82.5 Å². The van der Waals surface area contributed by atoms with Crippen molar-refractivity contribution in [2.75, 3.05) is 13.1 Å². The lowest BCUT2D eigenvalue weighted by Gasteiger charge is -2.25. The number of carbonyl (C=O) groups excluding carboxylic acids is 5. The highest BCUT2D eigenvalue weighted by Crippen LogP contribution is 2.23. The van der Waals surface area contributed by atoms with Crippen LogP contribution in [-0.4, -0.2) is 77.5 Å². The van der Waals surface area contributed by atoms with Crippen molar-refractivity contribution >= 4 is 36.1 Å². The van der Waals surface area contributed by atoms with Gasteiger partial charge in [-0.15, -0.1) is 0 Å². The summed E-state index contributed by atoms with van der Waals surface area (Å²) in [4.78, 5) is 66.3. The number of hydrogen-bond donors (Lipinski definition) is 6. The van der Waals surface area contributed by atoms with E-state index in [4.69, 9.17) is 11.5 Å². The van der Waals surface area contributed by atoms with Crippen molar-refractivity contribution in [1.82, 2.24) is 10.6 Å². The molecule has 2 aromatic carbocycles. The number of unbranched alkanes of at least 4 members (excludes halogenated alkanes) is 2. The van der Waals surface area contributed by atoms with Crippen LogP contribution >= 0.6 is 0 Å². The van der Waals surface area contributed by atoms with E-state index in [-0.39, 0.29) is 49.6 Å². The third-order valence-corrected chi connectivity index (χ3v) is 9.71. The molecule has 0 aliphatic rings. The van der Waals surface area contributed by atoms with Crippen LogP contribution in [0.3, 0.4) is 0 Å². The highest BCUT2D eigenvalue weighted by atomic mass is 16.3. The summed E-state index contributed by atoms with van der Waals surface area (Å²) in [5.74, 6) is -4.13. The molecular formula is C40H61BN4O7. The van der Waals surface area contributed by atoms with Crippen molar-refractivity contribution in [2.45, 2.75) is 123 Å². The zero-order chi connectivity index (χ0) is 38.8. The molecule has 0 radical (unpaired) electrons. The Kier molecular flexibility index (Phi) is 19.7.